The van der Waals surface area contributed by atoms with Gasteiger partial charge in [-0.25, -0.2) is 9.97 Å². The Morgan fingerprint density at radius 3 is 2.05 bits per heavy atom. The SMILES string of the molecule is c1ccc(-c2ncc(-n3ccc4c5[nH]c6ccc7ccccc7c6c5c5ccccc5c43)c(-c3ccccc3)n2)cc1. The highest BCUT2D eigenvalue weighted by Gasteiger charge is 2.20. The lowest BCUT2D eigenvalue weighted by Crippen LogP contribution is -2.02. The summed E-state index contributed by atoms with van der Waals surface area (Å²) in [6, 6.07) is 44.6. The molecule has 0 fully saturated rings. The fraction of sp³-hybridized carbons (Fsp3) is 0. The van der Waals surface area contributed by atoms with Crippen molar-refractivity contribution in [3.63, 3.8) is 0 Å². The molecule has 0 aliphatic rings. The van der Waals surface area contributed by atoms with Gasteiger partial charge in [-0.05, 0) is 28.3 Å². The molecule has 9 rings (SSSR count). The molecule has 42 heavy (non-hydrogen) atoms. The van der Waals surface area contributed by atoms with Gasteiger partial charge in [-0.2, -0.15) is 0 Å². The van der Waals surface area contributed by atoms with E-state index in [9.17, 15) is 0 Å². The third-order valence-corrected chi connectivity index (χ3v) is 8.40. The minimum atomic E-state index is 0.712. The maximum absolute atomic E-state index is 5.15. The fourth-order valence-electron chi connectivity index (χ4n) is 6.54. The number of nitrogens with zero attached hydrogens (tertiary/aromatic N) is 3. The molecule has 0 aliphatic carbocycles. The molecule has 0 radical (unpaired) electrons. The number of H-pyrrole nitrogens is 1. The van der Waals surface area contributed by atoms with Gasteiger partial charge in [-0.15, -0.1) is 0 Å². The number of aromatic amines is 1. The van der Waals surface area contributed by atoms with E-state index in [1.54, 1.807) is 0 Å². The van der Waals surface area contributed by atoms with Gasteiger partial charge in [-0.3, -0.25) is 0 Å². The summed E-state index contributed by atoms with van der Waals surface area (Å²) in [6.45, 7) is 0. The van der Waals surface area contributed by atoms with E-state index >= 15 is 0 Å². The van der Waals surface area contributed by atoms with Crippen LogP contribution >= 0.6 is 0 Å². The van der Waals surface area contributed by atoms with Crippen LogP contribution in [-0.4, -0.2) is 19.5 Å². The molecule has 0 bridgehead atoms. The minimum absolute atomic E-state index is 0.712. The van der Waals surface area contributed by atoms with Crippen molar-refractivity contribution in [2.45, 2.75) is 0 Å². The van der Waals surface area contributed by atoms with Crippen LogP contribution in [0.5, 0.6) is 0 Å². The summed E-state index contributed by atoms with van der Waals surface area (Å²) in [5.74, 6) is 0.712. The molecule has 0 aliphatic heterocycles. The van der Waals surface area contributed by atoms with Gasteiger partial charge >= 0.3 is 0 Å². The Hall–Kier alpha value is -5.74. The molecule has 0 unspecified atom stereocenters. The Morgan fingerprint density at radius 2 is 1.24 bits per heavy atom. The highest BCUT2D eigenvalue weighted by molar-refractivity contribution is 6.34. The lowest BCUT2D eigenvalue weighted by atomic mass is 9.98. The normalized spacial score (nSPS) is 11.8. The third kappa shape index (κ3) is 3.29. The first-order valence-corrected chi connectivity index (χ1v) is 14.2. The van der Waals surface area contributed by atoms with E-state index < -0.39 is 0 Å². The van der Waals surface area contributed by atoms with E-state index in [0.29, 0.717) is 5.82 Å². The van der Waals surface area contributed by atoms with Gasteiger partial charge in [0.25, 0.3) is 0 Å². The van der Waals surface area contributed by atoms with Crippen LogP contribution in [0.3, 0.4) is 0 Å². The van der Waals surface area contributed by atoms with E-state index in [4.69, 9.17) is 9.97 Å². The molecule has 0 amide bonds. The second-order valence-electron chi connectivity index (χ2n) is 10.7. The number of nitrogens with one attached hydrogen (secondary N) is 1. The first-order chi connectivity index (χ1) is 20.8. The van der Waals surface area contributed by atoms with Crippen molar-refractivity contribution in [3.05, 3.63) is 140 Å². The number of aromatic nitrogens is 4. The van der Waals surface area contributed by atoms with E-state index in [1.165, 1.54) is 37.7 Å². The average Bonchev–Trinajstić information content (AvgIpc) is 3.68. The Bertz CT molecular complexity index is 2450. The molecule has 0 atom stereocenters. The highest BCUT2D eigenvalue weighted by Crippen LogP contribution is 2.43. The smallest absolute Gasteiger partial charge is 0.159 e. The molecule has 0 spiro atoms. The molecule has 0 saturated heterocycles. The van der Waals surface area contributed by atoms with Crippen LogP contribution in [0.2, 0.25) is 0 Å². The molecule has 196 valence electrons. The van der Waals surface area contributed by atoms with Crippen molar-refractivity contribution >= 4 is 54.3 Å². The number of hydrogen-bond acceptors (Lipinski definition) is 2. The van der Waals surface area contributed by atoms with Crippen molar-refractivity contribution in [1.82, 2.24) is 19.5 Å². The van der Waals surface area contributed by atoms with E-state index in [-0.39, 0.29) is 0 Å². The number of benzene rings is 6. The highest BCUT2D eigenvalue weighted by atomic mass is 15.0. The van der Waals surface area contributed by atoms with Crippen LogP contribution in [-0.2, 0) is 0 Å². The van der Waals surface area contributed by atoms with Gasteiger partial charge in [0.15, 0.2) is 5.82 Å². The van der Waals surface area contributed by atoms with Crippen molar-refractivity contribution in [2.75, 3.05) is 0 Å². The van der Waals surface area contributed by atoms with Crippen LogP contribution in [0, 0.1) is 0 Å². The molecular weight excluding hydrogens is 512 g/mol. The summed E-state index contributed by atoms with van der Waals surface area (Å²) in [4.78, 5) is 13.8. The Kier molecular flexibility index (Phi) is 4.87. The van der Waals surface area contributed by atoms with Crippen molar-refractivity contribution in [1.29, 1.82) is 0 Å². The number of hydrogen-bond donors (Lipinski definition) is 1. The minimum Gasteiger partial charge on any atom is -0.354 e. The summed E-state index contributed by atoms with van der Waals surface area (Å²) in [5.41, 5.74) is 7.33. The molecule has 4 heteroatoms. The van der Waals surface area contributed by atoms with E-state index in [0.717, 1.165) is 39.1 Å². The van der Waals surface area contributed by atoms with Gasteiger partial charge < -0.3 is 9.55 Å². The lowest BCUT2D eigenvalue weighted by molar-refractivity contribution is 1.06. The van der Waals surface area contributed by atoms with Gasteiger partial charge in [-0.1, -0.05) is 115 Å². The Labute approximate surface area is 241 Å². The largest absolute Gasteiger partial charge is 0.354 e. The van der Waals surface area contributed by atoms with E-state index in [2.05, 4.69) is 119 Å². The van der Waals surface area contributed by atoms with Crippen LogP contribution in [0.4, 0.5) is 0 Å². The van der Waals surface area contributed by atoms with Crippen LogP contribution in [0.1, 0.15) is 0 Å². The summed E-state index contributed by atoms with van der Waals surface area (Å²) in [7, 11) is 0. The molecular formula is C38H24N4. The summed E-state index contributed by atoms with van der Waals surface area (Å²) in [6.07, 6.45) is 4.13. The van der Waals surface area contributed by atoms with E-state index in [1.807, 2.05) is 30.5 Å². The zero-order chi connectivity index (χ0) is 27.6. The number of rotatable bonds is 3. The second-order valence-corrected chi connectivity index (χ2v) is 10.7. The molecule has 0 saturated carbocycles. The molecule has 3 heterocycles. The van der Waals surface area contributed by atoms with Crippen molar-refractivity contribution in [2.24, 2.45) is 0 Å². The lowest BCUT2D eigenvalue weighted by Gasteiger charge is -2.14. The Morgan fingerprint density at radius 1 is 0.548 bits per heavy atom. The predicted octanol–water partition coefficient (Wildman–Crippen LogP) is 9.70. The number of fused-ring (bicyclic) bond motifs is 10. The zero-order valence-corrected chi connectivity index (χ0v) is 22.6. The predicted molar refractivity (Wildman–Crippen MR) is 174 cm³/mol. The van der Waals surface area contributed by atoms with Crippen LogP contribution < -0.4 is 0 Å². The van der Waals surface area contributed by atoms with Crippen LogP contribution in [0.25, 0.3) is 82.6 Å². The maximum atomic E-state index is 5.15. The average molecular weight is 537 g/mol. The molecule has 1 N–H and O–H groups in total. The Balaban J connectivity index is 1.40. The third-order valence-electron chi connectivity index (χ3n) is 8.40. The van der Waals surface area contributed by atoms with Gasteiger partial charge in [0.2, 0.25) is 0 Å². The zero-order valence-electron chi connectivity index (χ0n) is 22.6. The van der Waals surface area contributed by atoms with Gasteiger partial charge in [0.1, 0.15) is 0 Å². The first-order valence-electron chi connectivity index (χ1n) is 14.2. The molecule has 4 nitrogen and oxygen atoms in total. The van der Waals surface area contributed by atoms with Crippen molar-refractivity contribution in [3.8, 4) is 28.3 Å². The molecule has 6 aromatic carbocycles. The van der Waals surface area contributed by atoms with Crippen molar-refractivity contribution < 1.29 is 0 Å². The molecule has 9 aromatic rings. The van der Waals surface area contributed by atoms with Crippen LogP contribution in [0.15, 0.2) is 140 Å². The standard InChI is InChI=1S/C38H24N4/c1-3-12-25(13-4-1)35-32(23-39-38(41-35)26-14-5-2-6-15-26)42-22-21-30-36-34(28-17-9-10-18-29(28)37(30)42)33-27-16-8-7-11-24(27)19-20-31(33)40-36/h1-23,40H. The molecule has 3 aromatic heterocycles. The summed E-state index contributed by atoms with van der Waals surface area (Å²) in [5, 5.41) is 8.65. The summed E-state index contributed by atoms with van der Waals surface area (Å²) < 4.78 is 2.26. The second kappa shape index (κ2) is 8.88. The van der Waals surface area contributed by atoms with Gasteiger partial charge in [0.05, 0.1) is 28.6 Å². The summed E-state index contributed by atoms with van der Waals surface area (Å²) >= 11 is 0. The first kappa shape index (κ1) is 23.0. The topological polar surface area (TPSA) is 46.5 Å². The fourth-order valence-corrected chi connectivity index (χ4v) is 6.54. The quantitative estimate of drug-likeness (QED) is 0.244. The monoisotopic (exact) mass is 536 g/mol. The van der Waals surface area contributed by atoms with Gasteiger partial charge in [0, 0.05) is 44.4 Å². The maximum Gasteiger partial charge on any atom is 0.159 e.